The first-order valence-electron chi connectivity index (χ1n) is 11.2. The van der Waals surface area contributed by atoms with Gasteiger partial charge in [0.2, 0.25) is 5.88 Å². The van der Waals surface area contributed by atoms with E-state index in [1.807, 2.05) is 12.3 Å². The molecule has 2 saturated carbocycles. The van der Waals surface area contributed by atoms with Crippen LogP contribution >= 0.6 is 0 Å². The van der Waals surface area contributed by atoms with Crippen LogP contribution in [0.4, 0.5) is 0 Å². The van der Waals surface area contributed by atoms with Gasteiger partial charge < -0.3 is 15.4 Å². The van der Waals surface area contributed by atoms with Gasteiger partial charge in [0, 0.05) is 44.0 Å². The van der Waals surface area contributed by atoms with Gasteiger partial charge in [0.25, 0.3) is 0 Å². The molecule has 0 amide bonds. The van der Waals surface area contributed by atoms with Crippen LogP contribution in [0.1, 0.15) is 57.4 Å². The van der Waals surface area contributed by atoms with E-state index in [1.165, 1.54) is 51.5 Å². The Hall–Kier alpha value is -1.82. The Morgan fingerprint density at radius 3 is 2.79 bits per heavy atom. The van der Waals surface area contributed by atoms with E-state index in [4.69, 9.17) is 9.73 Å². The Morgan fingerprint density at radius 2 is 2.07 bits per heavy atom. The summed E-state index contributed by atoms with van der Waals surface area (Å²) in [5.41, 5.74) is 1.11. The maximum Gasteiger partial charge on any atom is 0.213 e. The summed E-state index contributed by atoms with van der Waals surface area (Å²) in [5.74, 6) is 2.39. The van der Waals surface area contributed by atoms with Gasteiger partial charge in [-0.1, -0.05) is 18.9 Å². The number of aromatic nitrogens is 1. The SMILES string of the molecule is CCNC(=NCc1ccc(OCC2CC2)nc1)NC1CCN(C2CCCC2)C1. The number of aliphatic imine (C=N–C) groups is 1. The molecule has 6 heteroatoms. The molecule has 154 valence electrons. The highest BCUT2D eigenvalue weighted by atomic mass is 16.5. The monoisotopic (exact) mass is 385 g/mol. The fourth-order valence-electron chi connectivity index (χ4n) is 4.27. The molecule has 1 unspecified atom stereocenters. The van der Waals surface area contributed by atoms with Crippen LogP contribution in [0.5, 0.6) is 5.88 Å². The molecule has 3 aliphatic rings. The number of rotatable bonds is 8. The van der Waals surface area contributed by atoms with Gasteiger partial charge in [-0.3, -0.25) is 4.90 Å². The van der Waals surface area contributed by atoms with Crippen molar-refractivity contribution in [2.75, 3.05) is 26.2 Å². The molecule has 1 saturated heterocycles. The van der Waals surface area contributed by atoms with Gasteiger partial charge in [0.1, 0.15) is 0 Å². The van der Waals surface area contributed by atoms with Crippen molar-refractivity contribution in [3.63, 3.8) is 0 Å². The second-order valence-corrected chi connectivity index (χ2v) is 8.52. The number of ether oxygens (including phenoxy) is 1. The van der Waals surface area contributed by atoms with E-state index in [0.29, 0.717) is 12.6 Å². The topological polar surface area (TPSA) is 61.8 Å². The van der Waals surface area contributed by atoms with E-state index in [0.717, 1.165) is 49.1 Å². The van der Waals surface area contributed by atoms with Crippen LogP contribution in [0.3, 0.4) is 0 Å². The van der Waals surface area contributed by atoms with Gasteiger partial charge in [-0.25, -0.2) is 9.98 Å². The molecule has 2 N–H and O–H groups in total. The van der Waals surface area contributed by atoms with Gasteiger partial charge in [0.15, 0.2) is 5.96 Å². The van der Waals surface area contributed by atoms with Gasteiger partial charge in [-0.15, -0.1) is 0 Å². The number of likely N-dealkylation sites (tertiary alicyclic amines) is 1. The first-order valence-corrected chi connectivity index (χ1v) is 11.2. The largest absolute Gasteiger partial charge is 0.477 e. The minimum Gasteiger partial charge on any atom is -0.477 e. The van der Waals surface area contributed by atoms with Crippen LogP contribution in [0.2, 0.25) is 0 Å². The van der Waals surface area contributed by atoms with Gasteiger partial charge in [-0.2, -0.15) is 0 Å². The smallest absolute Gasteiger partial charge is 0.213 e. The van der Waals surface area contributed by atoms with Crippen LogP contribution in [-0.4, -0.2) is 54.2 Å². The van der Waals surface area contributed by atoms with E-state index in [9.17, 15) is 0 Å². The van der Waals surface area contributed by atoms with Crippen molar-refractivity contribution in [1.29, 1.82) is 0 Å². The molecule has 2 heterocycles. The summed E-state index contributed by atoms with van der Waals surface area (Å²) in [6.45, 7) is 6.78. The zero-order valence-electron chi connectivity index (χ0n) is 17.2. The average molecular weight is 386 g/mol. The van der Waals surface area contributed by atoms with Crippen molar-refractivity contribution in [1.82, 2.24) is 20.5 Å². The quantitative estimate of drug-likeness (QED) is 0.532. The number of nitrogens with one attached hydrogen (secondary N) is 2. The number of pyridine rings is 1. The summed E-state index contributed by atoms with van der Waals surface area (Å²) in [5, 5.41) is 7.03. The number of nitrogens with zero attached hydrogens (tertiary/aromatic N) is 3. The Kier molecular flexibility index (Phi) is 6.68. The highest BCUT2D eigenvalue weighted by molar-refractivity contribution is 5.80. The number of hydrogen-bond acceptors (Lipinski definition) is 4. The lowest BCUT2D eigenvalue weighted by atomic mass is 10.2. The van der Waals surface area contributed by atoms with Crippen molar-refractivity contribution in [2.24, 2.45) is 10.9 Å². The molecule has 0 aromatic carbocycles. The zero-order chi connectivity index (χ0) is 19.2. The Bertz CT molecular complexity index is 637. The highest BCUT2D eigenvalue weighted by Crippen LogP contribution is 2.29. The molecule has 6 nitrogen and oxygen atoms in total. The van der Waals surface area contributed by atoms with Crippen molar-refractivity contribution >= 4 is 5.96 Å². The molecule has 1 aromatic rings. The third-order valence-corrected chi connectivity index (χ3v) is 6.13. The third-order valence-electron chi connectivity index (χ3n) is 6.13. The summed E-state index contributed by atoms with van der Waals surface area (Å²) < 4.78 is 5.71. The fraction of sp³-hybridized carbons (Fsp3) is 0.727. The normalized spacial score (nSPS) is 23.9. The molecular formula is C22H35N5O. The minimum atomic E-state index is 0.495. The van der Waals surface area contributed by atoms with E-state index in [-0.39, 0.29) is 0 Å². The highest BCUT2D eigenvalue weighted by Gasteiger charge is 2.30. The van der Waals surface area contributed by atoms with Crippen LogP contribution in [0.25, 0.3) is 0 Å². The van der Waals surface area contributed by atoms with Gasteiger partial charge in [0.05, 0.1) is 13.2 Å². The van der Waals surface area contributed by atoms with E-state index in [1.54, 1.807) is 0 Å². The Labute approximate surface area is 169 Å². The first kappa shape index (κ1) is 19.5. The van der Waals surface area contributed by atoms with Crippen molar-refractivity contribution in [2.45, 2.75) is 70.5 Å². The lowest BCUT2D eigenvalue weighted by Crippen LogP contribution is -2.45. The van der Waals surface area contributed by atoms with Crippen molar-refractivity contribution in [3.8, 4) is 5.88 Å². The lowest BCUT2D eigenvalue weighted by Gasteiger charge is -2.24. The lowest BCUT2D eigenvalue weighted by molar-refractivity contribution is 0.242. The molecule has 1 aromatic heterocycles. The van der Waals surface area contributed by atoms with E-state index in [2.05, 4.69) is 33.5 Å². The molecule has 3 fully saturated rings. The maximum atomic E-state index is 5.71. The summed E-state index contributed by atoms with van der Waals surface area (Å²) in [4.78, 5) is 11.9. The Balaban J connectivity index is 1.26. The van der Waals surface area contributed by atoms with Gasteiger partial charge in [-0.05, 0) is 50.5 Å². The zero-order valence-corrected chi connectivity index (χ0v) is 17.2. The molecule has 1 atom stereocenters. The predicted molar refractivity (Wildman–Crippen MR) is 113 cm³/mol. The molecule has 1 aliphatic heterocycles. The predicted octanol–water partition coefficient (Wildman–Crippen LogP) is 2.94. The molecule has 2 aliphatic carbocycles. The molecule has 28 heavy (non-hydrogen) atoms. The van der Waals surface area contributed by atoms with Crippen molar-refractivity contribution in [3.05, 3.63) is 23.9 Å². The second kappa shape index (κ2) is 9.59. The molecular weight excluding hydrogens is 350 g/mol. The van der Waals surface area contributed by atoms with Gasteiger partial charge >= 0.3 is 0 Å². The third kappa shape index (κ3) is 5.60. The first-order chi connectivity index (χ1) is 13.8. The van der Waals surface area contributed by atoms with E-state index >= 15 is 0 Å². The Morgan fingerprint density at radius 1 is 1.21 bits per heavy atom. The van der Waals surface area contributed by atoms with Crippen molar-refractivity contribution < 1.29 is 4.74 Å². The molecule has 0 spiro atoms. The van der Waals surface area contributed by atoms with Crippen LogP contribution in [-0.2, 0) is 6.54 Å². The van der Waals surface area contributed by atoms with Crippen LogP contribution in [0, 0.1) is 5.92 Å². The standard InChI is InChI=1S/C22H35N5O/c1-2-23-22(26-19-11-12-27(15-19)20-5-3-4-6-20)25-14-18-9-10-21(24-13-18)28-16-17-7-8-17/h9-10,13,17,19-20H,2-8,11-12,14-16H2,1H3,(H2,23,25,26). The van der Waals surface area contributed by atoms with Crippen LogP contribution < -0.4 is 15.4 Å². The minimum absolute atomic E-state index is 0.495. The maximum absolute atomic E-state index is 5.71. The molecule has 0 radical (unpaired) electrons. The average Bonchev–Trinajstić information content (AvgIpc) is 3.17. The number of hydrogen-bond donors (Lipinski definition) is 2. The summed E-state index contributed by atoms with van der Waals surface area (Å²) in [6.07, 6.45) is 11.3. The number of guanidine groups is 1. The summed E-state index contributed by atoms with van der Waals surface area (Å²) in [7, 11) is 0. The summed E-state index contributed by atoms with van der Waals surface area (Å²) in [6, 6.07) is 5.34. The van der Waals surface area contributed by atoms with E-state index < -0.39 is 0 Å². The van der Waals surface area contributed by atoms with Crippen LogP contribution in [0.15, 0.2) is 23.3 Å². The fourth-order valence-corrected chi connectivity index (χ4v) is 4.27. The molecule has 4 rings (SSSR count). The second-order valence-electron chi connectivity index (χ2n) is 8.52. The molecule has 0 bridgehead atoms. The summed E-state index contributed by atoms with van der Waals surface area (Å²) >= 11 is 0.